The van der Waals surface area contributed by atoms with Crippen molar-refractivity contribution in [2.24, 2.45) is 0 Å². The van der Waals surface area contributed by atoms with E-state index in [2.05, 4.69) is 0 Å². The smallest absolute Gasteiger partial charge is 0.491 e. The number of ether oxygens (including phenoxy) is 1. The van der Waals surface area contributed by atoms with E-state index in [9.17, 15) is 4.39 Å². The molecule has 1 saturated heterocycles. The van der Waals surface area contributed by atoms with Gasteiger partial charge in [-0.15, -0.1) is 0 Å². The van der Waals surface area contributed by atoms with Gasteiger partial charge in [-0.25, -0.2) is 4.39 Å². The second-order valence-electron chi connectivity index (χ2n) is 6.16. The molecule has 0 N–H and O–H groups in total. The summed E-state index contributed by atoms with van der Waals surface area (Å²) in [6, 6.07) is 3.14. The van der Waals surface area contributed by atoms with Crippen LogP contribution in [0.3, 0.4) is 0 Å². The first-order valence-corrected chi connectivity index (χ1v) is 6.96. The van der Waals surface area contributed by atoms with Crippen LogP contribution < -0.4 is 10.2 Å². The summed E-state index contributed by atoms with van der Waals surface area (Å²) in [4.78, 5) is 0. The van der Waals surface area contributed by atoms with Gasteiger partial charge in [0.2, 0.25) is 0 Å². The van der Waals surface area contributed by atoms with Gasteiger partial charge in [-0.1, -0.05) is 0 Å². The number of hydrogen-bond donors (Lipinski definition) is 0. The van der Waals surface area contributed by atoms with E-state index in [4.69, 9.17) is 14.0 Å². The van der Waals surface area contributed by atoms with Crippen LogP contribution in [0.2, 0.25) is 0 Å². The summed E-state index contributed by atoms with van der Waals surface area (Å²) in [5.74, 6) is -0.118. The van der Waals surface area contributed by atoms with Crippen LogP contribution in [0.1, 0.15) is 40.2 Å². The van der Waals surface area contributed by atoms with Gasteiger partial charge in [-0.05, 0) is 64.7 Å². The average Bonchev–Trinajstić information content (AvgIpc) is 2.53. The molecule has 1 heterocycles. The van der Waals surface area contributed by atoms with Gasteiger partial charge in [0.25, 0.3) is 0 Å². The van der Waals surface area contributed by atoms with E-state index in [1.807, 2.05) is 41.5 Å². The van der Waals surface area contributed by atoms with Crippen molar-refractivity contribution in [3.8, 4) is 5.75 Å². The SMILES string of the molecule is CCOc1cc(C)c(B2OC(C)(C)C(C)(C)O2)cc1F. The number of halogens is 1. The van der Waals surface area contributed by atoms with Gasteiger partial charge in [0.1, 0.15) is 0 Å². The van der Waals surface area contributed by atoms with Crippen LogP contribution in [0.4, 0.5) is 4.39 Å². The summed E-state index contributed by atoms with van der Waals surface area (Å²) in [6.07, 6.45) is 0. The number of aryl methyl sites for hydroxylation is 1. The molecule has 2 rings (SSSR count). The molecule has 0 amide bonds. The highest BCUT2D eigenvalue weighted by atomic mass is 19.1. The Balaban J connectivity index is 2.34. The Hall–Kier alpha value is -1.07. The Morgan fingerprint density at radius 1 is 1.15 bits per heavy atom. The molecule has 110 valence electrons. The standard InChI is InChI=1S/C15H22BFO3/c1-7-18-13-8-10(2)11(9-12(13)17)16-19-14(3,4)15(5,6)20-16/h8-9H,7H2,1-6H3. The summed E-state index contributed by atoms with van der Waals surface area (Å²) in [5, 5.41) is 0. The number of hydrogen-bond acceptors (Lipinski definition) is 3. The minimum absolute atomic E-state index is 0.269. The maximum absolute atomic E-state index is 14.0. The summed E-state index contributed by atoms with van der Waals surface area (Å²) < 4.78 is 31.2. The van der Waals surface area contributed by atoms with Gasteiger partial charge in [-0.2, -0.15) is 0 Å². The highest BCUT2D eigenvalue weighted by molar-refractivity contribution is 6.62. The Labute approximate surface area is 120 Å². The molecule has 1 aromatic carbocycles. The molecule has 1 aliphatic rings. The second kappa shape index (κ2) is 5.04. The van der Waals surface area contributed by atoms with Gasteiger partial charge >= 0.3 is 7.12 Å². The number of rotatable bonds is 3. The van der Waals surface area contributed by atoms with Crippen molar-refractivity contribution >= 4 is 12.6 Å². The zero-order valence-corrected chi connectivity index (χ0v) is 13.0. The predicted octanol–water partition coefficient (Wildman–Crippen LogP) is 2.83. The zero-order chi connectivity index (χ0) is 15.1. The molecule has 0 aromatic heterocycles. The van der Waals surface area contributed by atoms with Crippen molar-refractivity contribution in [3.05, 3.63) is 23.5 Å². The molecule has 1 fully saturated rings. The topological polar surface area (TPSA) is 27.7 Å². The fourth-order valence-corrected chi connectivity index (χ4v) is 2.16. The van der Waals surface area contributed by atoms with Crippen molar-refractivity contribution in [2.75, 3.05) is 6.61 Å². The molecular weight excluding hydrogens is 258 g/mol. The first-order valence-electron chi connectivity index (χ1n) is 6.96. The Kier molecular flexibility index (Phi) is 3.86. The lowest BCUT2D eigenvalue weighted by Crippen LogP contribution is -2.41. The third-order valence-electron chi connectivity index (χ3n) is 4.13. The molecule has 0 radical (unpaired) electrons. The zero-order valence-electron chi connectivity index (χ0n) is 13.0. The van der Waals surface area contributed by atoms with Crippen LogP contribution >= 0.6 is 0 Å². The summed E-state index contributed by atoms with van der Waals surface area (Å²) >= 11 is 0. The lowest BCUT2D eigenvalue weighted by molar-refractivity contribution is 0.00578. The minimum atomic E-state index is -0.551. The Morgan fingerprint density at radius 3 is 2.20 bits per heavy atom. The summed E-state index contributed by atoms with van der Waals surface area (Å²) in [6.45, 7) is 12.1. The van der Waals surface area contributed by atoms with E-state index < -0.39 is 18.3 Å². The predicted molar refractivity (Wildman–Crippen MR) is 78.0 cm³/mol. The highest BCUT2D eigenvalue weighted by Crippen LogP contribution is 2.37. The van der Waals surface area contributed by atoms with E-state index in [1.165, 1.54) is 6.07 Å². The van der Waals surface area contributed by atoms with E-state index in [1.54, 1.807) is 6.07 Å². The van der Waals surface area contributed by atoms with Gasteiger partial charge < -0.3 is 14.0 Å². The van der Waals surface area contributed by atoms with Gasteiger partial charge in [0, 0.05) is 0 Å². The van der Waals surface area contributed by atoms with Crippen LogP contribution in [0, 0.1) is 12.7 Å². The molecule has 0 bridgehead atoms. The van der Waals surface area contributed by atoms with Crippen LogP contribution in [0.15, 0.2) is 12.1 Å². The number of benzene rings is 1. The van der Waals surface area contributed by atoms with E-state index in [-0.39, 0.29) is 11.6 Å². The van der Waals surface area contributed by atoms with Gasteiger partial charge in [0.15, 0.2) is 11.6 Å². The van der Waals surface area contributed by atoms with Crippen LogP contribution in [0.5, 0.6) is 5.75 Å². The van der Waals surface area contributed by atoms with Crippen LogP contribution in [0.25, 0.3) is 0 Å². The fourth-order valence-electron chi connectivity index (χ4n) is 2.16. The molecule has 0 saturated carbocycles. The third-order valence-corrected chi connectivity index (χ3v) is 4.13. The van der Waals surface area contributed by atoms with Crippen molar-refractivity contribution in [3.63, 3.8) is 0 Å². The second-order valence-corrected chi connectivity index (χ2v) is 6.16. The molecule has 0 aliphatic carbocycles. The van der Waals surface area contributed by atoms with Gasteiger partial charge in [0.05, 0.1) is 17.8 Å². The molecule has 20 heavy (non-hydrogen) atoms. The highest BCUT2D eigenvalue weighted by Gasteiger charge is 2.52. The summed E-state index contributed by atoms with van der Waals surface area (Å²) in [5.41, 5.74) is 0.746. The maximum Gasteiger partial charge on any atom is 0.495 e. The molecule has 0 spiro atoms. The molecule has 1 aromatic rings. The van der Waals surface area contributed by atoms with E-state index in [0.717, 1.165) is 5.56 Å². The Bertz CT molecular complexity index is 498. The molecule has 0 atom stereocenters. The Morgan fingerprint density at radius 2 is 1.70 bits per heavy atom. The lowest BCUT2D eigenvalue weighted by atomic mass is 9.76. The lowest BCUT2D eigenvalue weighted by Gasteiger charge is -2.32. The minimum Gasteiger partial charge on any atom is -0.491 e. The third kappa shape index (κ3) is 2.57. The fraction of sp³-hybridized carbons (Fsp3) is 0.600. The molecule has 1 aliphatic heterocycles. The van der Waals surface area contributed by atoms with Crippen molar-refractivity contribution in [1.29, 1.82) is 0 Å². The van der Waals surface area contributed by atoms with Crippen molar-refractivity contribution in [1.82, 2.24) is 0 Å². The molecule has 3 nitrogen and oxygen atoms in total. The first-order chi connectivity index (χ1) is 9.18. The molecule has 0 unspecified atom stereocenters. The van der Waals surface area contributed by atoms with Crippen molar-refractivity contribution in [2.45, 2.75) is 52.7 Å². The van der Waals surface area contributed by atoms with Gasteiger partial charge in [-0.3, -0.25) is 0 Å². The van der Waals surface area contributed by atoms with Crippen molar-refractivity contribution < 1.29 is 18.4 Å². The first kappa shape index (κ1) is 15.3. The molecule has 5 heteroatoms. The molecular formula is C15H22BFO3. The van der Waals surface area contributed by atoms with E-state index >= 15 is 0 Å². The van der Waals surface area contributed by atoms with Crippen LogP contribution in [-0.4, -0.2) is 24.9 Å². The average molecular weight is 280 g/mol. The monoisotopic (exact) mass is 280 g/mol. The summed E-state index contributed by atoms with van der Waals surface area (Å²) in [7, 11) is -0.551. The van der Waals surface area contributed by atoms with E-state index in [0.29, 0.717) is 12.1 Å². The quantitative estimate of drug-likeness (QED) is 0.797. The largest absolute Gasteiger partial charge is 0.495 e. The maximum atomic E-state index is 14.0. The normalized spacial score (nSPS) is 20.2. The van der Waals surface area contributed by atoms with Crippen LogP contribution in [-0.2, 0) is 9.31 Å².